The van der Waals surface area contributed by atoms with Crippen molar-refractivity contribution in [3.8, 4) is 0 Å². The molecule has 0 atom stereocenters. The number of nitrogens with one attached hydrogen (secondary N) is 2. The van der Waals surface area contributed by atoms with Crippen molar-refractivity contribution >= 4 is 45.6 Å². The zero-order chi connectivity index (χ0) is 22.0. The first-order chi connectivity index (χ1) is 14.9. The Kier molecular flexibility index (Phi) is 6.01. The average Bonchev–Trinajstić information content (AvgIpc) is 3.17. The van der Waals surface area contributed by atoms with Crippen LogP contribution in [0.2, 0.25) is 0 Å². The molecule has 1 aromatic carbocycles. The molecule has 158 valence electrons. The molecule has 0 radical (unpaired) electrons. The largest absolute Gasteiger partial charge is 0.325 e. The molecule has 0 aliphatic heterocycles. The molecule has 0 aliphatic carbocycles. The molecule has 8 nitrogen and oxygen atoms in total. The second kappa shape index (κ2) is 8.86. The van der Waals surface area contributed by atoms with Crippen LogP contribution in [0.5, 0.6) is 0 Å². The predicted molar refractivity (Wildman–Crippen MR) is 124 cm³/mol. The topological polar surface area (TPSA) is 101 Å². The third-order valence-corrected chi connectivity index (χ3v) is 6.56. The van der Waals surface area contributed by atoms with E-state index >= 15 is 0 Å². The Balaban J connectivity index is 1.40. The molecule has 31 heavy (non-hydrogen) atoms. The number of pyridine rings is 1. The van der Waals surface area contributed by atoms with Gasteiger partial charge in [0, 0.05) is 23.7 Å². The molecule has 3 aromatic heterocycles. The van der Waals surface area contributed by atoms with E-state index in [9.17, 15) is 9.59 Å². The number of nitrogens with zero attached hydrogens (tertiary/aromatic N) is 4. The van der Waals surface area contributed by atoms with E-state index in [1.165, 1.54) is 33.6 Å². The first-order valence-corrected chi connectivity index (χ1v) is 11.3. The van der Waals surface area contributed by atoms with Crippen LogP contribution in [0.25, 0.3) is 5.65 Å². The molecule has 0 saturated carbocycles. The molecule has 0 spiro atoms. The third kappa shape index (κ3) is 4.92. The van der Waals surface area contributed by atoms with Gasteiger partial charge in [0.25, 0.3) is 5.56 Å². The molecule has 4 aromatic rings. The summed E-state index contributed by atoms with van der Waals surface area (Å²) in [4.78, 5) is 29.2. The lowest BCUT2D eigenvalue weighted by atomic mass is 10.1. The number of aromatic nitrogens is 4. The standard InChI is InChI=1S/C21H20N6O2S2/c1-12-6-7-13(2)16(9-12)23-19(29)24-20-25-26-21(31-20)30-11-15-10-17(28)27-8-4-5-14(3)18(27)22-15/h4-10H,11H2,1-3H3,(H2,23,24,25,29). The summed E-state index contributed by atoms with van der Waals surface area (Å²) in [6.45, 7) is 5.82. The maximum atomic E-state index is 12.3. The molecular formula is C21H20N6O2S2. The molecule has 4 rings (SSSR count). The number of fused-ring (bicyclic) bond motifs is 1. The van der Waals surface area contributed by atoms with Gasteiger partial charge in [-0.25, -0.2) is 9.78 Å². The van der Waals surface area contributed by atoms with Gasteiger partial charge in [0.1, 0.15) is 5.65 Å². The van der Waals surface area contributed by atoms with Crippen LogP contribution in [0.1, 0.15) is 22.4 Å². The molecule has 2 N–H and O–H groups in total. The van der Waals surface area contributed by atoms with Crippen molar-refractivity contribution in [1.82, 2.24) is 19.6 Å². The highest BCUT2D eigenvalue weighted by molar-refractivity contribution is 8.00. The Bertz CT molecular complexity index is 1330. The molecule has 0 fully saturated rings. The van der Waals surface area contributed by atoms with Gasteiger partial charge in [-0.15, -0.1) is 10.2 Å². The van der Waals surface area contributed by atoms with Crippen LogP contribution < -0.4 is 16.2 Å². The fraction of sp³-hybridized carbons (Fsp3) is 0.190. The fourth-order valence-corrected chi connectivity index (χ4v) is 4.60. The van der Waals surface area contributed by atoms with Gasteiger partial charge in [-0.1, -0.05) is 41.3 Å². The Morgan fingerprint density at radius 2 is 1.94 bits per heavy atom. The van der Waals surface area contributed by atoms with Crippen LogP contribution in [-0.4, -0.2) is 25.6 Å². The Morgan fingerprint density at radius 1 is 1.10 bits per heavy atom. The van der Waals surface area contributed by atoms with Crippen LogP contribution >= 0.6 is 23.1 Å². The van der Waals surface area contributed by atoms with Gasteiger partial charge < -0.3 is 5.32 Å². The van der Waals surface area contributed by atoms with E-state index < -0.39 is 0 Å². The number of rotatable bonds is 5. The molecule has 3 heterocycles. The number of aryl methyl sites for hydroxylation is 3. The van der Waals surface area contributed by atoms with Crippen molar-refractivity contribution in [3.05, 3.63) is 75.3 Å². The predicted octanol–water partition coefficient (Wildman–Crippen LogP) is 4.41. The van der Waals surface area contributed by atoms with Crippen molar-refractivity contribution in [1.29, 1.82) is 0 Å². The Hall–Kier alpha value is -3.24. The first kappa shape index (κ1) is 21.0. The van der Waals surface area contributed by atoms with Crippen LogP contribution in [0.3, 0.4) is 0 Å². The number of hydrogen-bond acceptors (Lipinski definition) is 7. The van der Waals surface area contributed by atoms with Crippen LogP contribution in [0.15, 0.2) is 51.7 Å². The number of carbonyl (C=O) groups excluding carboxylic acids is 1. The lowest BCUT2D eigenvalue weighted by Crippen LogP contribution is -2.19. The second-order valence-electron chi connectivity index (χ2n) is 7.03. The minimum atomic E-state index is -0.374. The van der Waals surface area contributed by atoms with E-state index in [4.69, 9.17) is 0 Å². The van der Waals surface area contributed by atoms with Gasteiger partial charge in [0.15, 0.2) is 4.34 Å². The number of hydrogen-bond donors (Lipinski definition) is 2. The monoisotopic (exact) mass is 452 g/mol. The molecule has 10 heteroatoms. The van der Waals surface area contributed by atoms with E-state index in [2.05, 4.69) is 25.8 Å². The lowest BCUT2D eigenvalue weighted by Gasteiger charge is -2.09. The highest BCUT2D eigenvalue weighted by atomic mass is 32.2. The molecule has 0 bridgehead atoms. The van der Waals surface area contributed by atoms with E-state index in [1.807, 2.05) is 51.1 Å². The molecule has 2 amide bonds. The number of urea groups is 1. The van der Waals surface area contributed by atoms with Crippen molar-refractivity contribution < 1.29 is 4.79 Å². The van der Waals surface area contributed by atoms with Crippen molar-refractivity contribution in [2.24, 2.45) is 0 Å². The molecule has 0 aliphatic rings. The third-order valence-electron chi connectivity index (χ3n) is 4.55. The summed E-state index contributed by atoms with van der Waals surface area (Å²) in [6, 6.07) is 10.8. The SMILES string of the molecule is Cc1ccc(C)c(NC(=O)Nc2nnc(SCc3cc(=O)n4cccc(C)c4n3)s2)c1. The molecular weight excluding hydrogens is 432 g/mol. The van der Waals surface area contributed by atoms with Crippen LogP contribution in [-0.2, 0) is 5.75 Å². The smallest absolute Gasteiger partial charge is 0.307 e. The Morgan fingerprint density at radius 3 is 2.77 bits per heavy atom. The summed E-state index contributed by atoms with van der Waals surface area (Å²) in [6.07, 6.45) is 1.71. The summed E-state index contributed by atoms with van der Waals surface area (Å²) in [5, 5.41) is 14.1. The quantitative estimate of drug-likeness (QED) is 0.344. The minimum absolute atomic E-state index is 0.118. The van der Waals surface area contributed by atoms with E-state index in [0.717, 1.165) is 22.4 Å². The highest BCUT2D eigenvalue weighted by Crippen LogP contribution is 2.28. The average molecular weight is 453 g/mol. The summed E-state index contributed by atoms with van der Waals surface area (Å²) in [5.41, 5.74) is 4.92. The fourth-order valence-electron chi connectivity index (χ4n) is 2.96. The van der Waals surface area contributed by atoms with Crippen molar-refractivity contribution in [2.45, 2.75) is 30.9 Å². The first-order valence-electron chi connectivity index (χ1n) is 9.48. The van der Waals surface area contributed by atoms with Crippen LogP contribution in [0, 0.1) is 20.8 Å². The number of carbonyl (C=O) groups is 1. The molecule has 0 saturated heterocycles. The summed E-state index contributed by atoms with van der Waals surface area (Å²) < 4.78 is 2.21. The zero-order valence-corrected chi connectivity index (χ0v) is 18.8. The minimum Gasteiger partial charge on any atom is -0.307 e. The van der Waals surface area contributed by atoms with Gasteiger partial charge in [-0.2, -0.15) is 0 Å². The van der Waals surface area contributed by atoms with Gasteiger partial charge in [0.2, 0.25) is 5.13 Å². The summed E-state index contributed by atoms with van der Waals surface area (Å²) in [7, 11) is 0. The van der Waals surface area contributed by atoms with E-state index in [1.54, 1.807) is 6.20 Å². The van der Waals surface area contributed by atoms with Crippen molar-refractivity contribution in [2.75, 3.05) is 10.6 Å². The number of thioether (sulfide) groups is 1. The Labute approximate surface area is 186 Å². The van der Waals surface area contributed by atoms with E-state index in [0.29, 0.717) is 26.6 Å². The summed E-state index contributed by atoms with van der Waals surface area (Å²) >= 11 is 2.68. The number of anilines is 2. The zero-order valence-electron chi connectivity index (χ0n) is 17.2. The summed E-state index contributed by atoms with van der Waals surface area (Å²) in [5.74, 6) is 0.476. The number of benzene rings is 1. The normalized spacial score (nSPS) is 10.9. The maximum absolute atomic E-state index is 12.3. The highest BCUT2D eigenvalue weighted by Gasteiger charge is 2.11. The van der Waals surface area contributed by atoms with Crippen LogP contribution in [0.4, 0.5) is 15.6 Å². The second-order valence-corrected chi connectivity index (χ2v) is 9.23. The number of amides is 2. The van der Waals surface area contributed by atoms with Gasteiger partial charge in [-0.3, -0.25) is 14.5 Å². The molecule has 0 unspecified atom stereocenters. The lowest BCUT2D eigenvalue weighted by molar-refractivity contribution is 0.262. The van der Waals surface area contributed by atoms with E-state index in [-0.39, 0.29) is 11.6 Å². The van der Waals surface area contributed by atoms with Crippen molar-refractivity contribution in [3.63, 3.8) is 0 Å². The van der Waals surface area contributed by atoms with Gasteiger partial charge >= 0.3 is 6.03 Å². The van der Waals surface area contributed by atoms with Gasteiger partial charge in [-0.05, 0) is 49.6 Å². The van der Waals surface area contributed by atoms with Gasteiger partial charge in [0.05, 0.1) is 5.69 Å². The maximum Gasteiger partial charge on any atom is 0.325 e.